The minimum atomic E-state index is -0.878. The SMILES string of the molecule is Cc1ccc(C(=O)O)c(NC(C)CCCC(C)C)c1. The van der Waals surface area contributed by atoms with E-state index in [2.05, 4.69) is 26.1 Å². The third kappa shape index (κ3) is 5.33. The molecule has 3 heteroatoms. The highest BCUT2D eigenvalue weighted by molar-refractivity contribution is 5.94. The van der Waals surface area contributed by atoms with Crippen molar-refractivity contribution in [1.29, 1.82) is 0 Å². The topological polar surface area (TPSA) is 49.3 Å². The van der Waals surface area contributed by atoms with E-state index in [1.54, 1.807) is 6.07 Å². The van der Waals surface area contributed by atoms with Gasteiger partial charge in [0, 0.05) is 11.7 Å². The van der Waals surface area contributed by atoms with E-state index in [0.29, 0.717) is 11.6 Å². The Bertz CT molecular complexity index is 427. The minimum Gasteiger partial charge on any atom is -0.478 e. The van der Waals surface area contributed by atoms with E-state index in [0.717, 1.165) is 23.6 Å². The minimum absolute atomic E-state index is 0.290. The summed E-state index contributed by atoms with van der Waals surface area (Å²) in [6, 6.07) is 5.69. The molecule has 3 nitrogen and oxygen atoms in total. The van der Waals surface area contributed by atoms with Crippen molar-refractivity contribution in [2.45, 2.75) is 53.0 Å². The Balaban J connectivity index is 2.65. The van der Waals surface area contributed by atoms with E-state index < -0.39 is 5.97 Å². The maximum Gasteiger partial charge on any atom is 0.337 e. The van der Waals surface area contributed by atoms with E-state index in [9.17, 15) is 9.90 Å². The van der Waals surface area contributed by atoms with Crippen molar-refractivity contribution in [1.82, 2.24) is 0 Å². The normalized spacial score (nSPS) is 12.5. The van der Waals surface area contributed by atoms with Crippen LogP contribution in [0.2, 0.25) is 0 Å². The summed E-state index contributed by atoms with van der Waals surface area (Å²) < 4.78 is 0. The second-order valence-electron chi connectivity index (χ2n) is 5.72. The van der Waals surface area contributed by atoms with E-state index in [1.165, 1.54) is 12.8 Å². The average molecular weight is 263 g/mol. The van der Waals surface area contributed by atoms with Crippen LogP contribution in [0.3, 0.4) is 0 Å². The highest BCUT2D eigenvalue weighted by Gasteiger charge is 2.12. The molecule has 0 radical (unpaired) electrons. The van der Waals surface area contributed by atoms with Gasteiger partial charge < -0.3 is 10.4 Å². The van der Waals surface area contributed by atoms with Gasteiger partial charge in [-0.1, -0.05) is 32.8 Å². The van der Waals surface area contributed by atoms with Crippen molar-refractivity contribution in [2.75, 3.05) is 5.32 Å². The quantitative estimate of drug-likeness (QED) is 0.770. The summed E-state index contributed by atoms with van der Waals surface area (Å²) in [5.41, 5.74) is 2.15. The van der Waals surface area contributed by atoms with Crippen molar-refractivity contribution in [3.05, 3.63) is 29.3 Å². The zero-order chi connectivity index (χ0) is 14.4. The molecule has 19 heavy (non-hydrogen) atoms. The standard InChI is InChI=1S/C16H25NO2/c1-11(2)6-5-7-13(4)17-15-10-12(3)8-9-14(15)16(18)19/h8-11,13,17H,5-7H2,1-4H3,(H,18,19). The third-order valence-electron chi connectivity index (χ3n) is 3.23. The molecule has 0 aliphatic heterocycles. The lowest BCUT2D eigenvalue weighted by molar-refractivity contribution is 0.0698. The van der Waals surface area contributed by atoms with Gasteiger partial charge in [-0.2, -0.15) is 0 Å². The van der Waals surface area contributed by atoms with Crippen LogP contribution in [-0.4, -0.2) is 17.1 Å². The van der Waals surface area contributed by atoms with E-state index in [4.69, 9.17) is 0 Å². The first-order chi connectivity index (χ1) is 8.90. The number of aromatic carboxylic acids is 1. The molecule has 0 aliphatic carbocycles. The van der Waals surface area contributed by atoms with Crippen molar-refractivity contribution >= 4 is 11.7 Å². The number of aryl methyl sites for hydroxylation is 1. The zero-order valence-corrected chi connectivity index (χ0v) is 12.4. The van der Waals surface area contributed by atoms with Crippen molar-refractivity contribution in [3.8, 4) is 0 Å². The molecule has 1 aromatic carbocycles. The Hall–Kier alpha value is -1.51. The van der Waals surface area contributed by atoms with Gasteiger partial charge in [0.25, 0.3) is 0 Å². The number of nitrogens with one attached hydrogen (secondary N) is 1. The number of carboxylic acids is 1. The van der Waals surface area contributed by atoms with Crippen LogP contribution in [0, 0.1) is 12.8 Å². The second-order valence-corrected chi connectivity index (χ2v) is 5.72. The van der Waals surface area contributed by atoms with Crippen LogP contribution in [0.15, 0.2) is 18.2 Å². The summed E-state index contributed by atoms with van der Waals surface area (Å²) in [4.78, 5) is 11.2. The van der Waals surface area contributed by atoms with Gasteiger partial charge in [0.2, 0.25) is 0 Å². The molecule has 0 saturated heterocycles. The van der Waals surface area contributed by atoms with Crippen molar-refractivity contribution < 1.29 is 9.90 Å². The number of benzene rings is 1. The Morgan fingerprint density at radius 2 is 1.95 bits per heavy atom. The molecular weight excluding hydrogens is 238 g/mol. The van der Waals surface area contributed by atoms with E-state index in [-0.39, 0.29) is 0 Å². The molecular formula is C16H25NO2. The number of carboxylic acid groups (broad SMARTS) is 1. The van der Waals surface area contributed by atoms with Crippen LogP contribution >= 0.6 is 0 Å². The summed E-state index contributed by atoms with van der Waals surface area (Å²) in [6.07, 6.45) is 3.44. The molecule has 0 amide bonds. The number of carbonyl (C=O) groups is 1. The van der Waals surface area contributed by atoms with Gasteiger partial charge in [-0.15, -0.1) is 0 Å². The number of hydrogen-bond acceptors (Lipinski definition) is 2. The fourth-order valence-electron chi connectivity index (χ4n) is 2.13. The maximum absolute atomic E-state index is 11.2. The van der Waals surface area contributed by atoms with Gasteiger partial charge in [-0.25, -0.2) is 4.79 Å². The summed E-state index contributed by atoms with van der Waals surface area (Å²) >= 11 is 0. The first kappa shape index (κ1) is 15.5. The summed E-state index contributed by atoms with van der Waals surface area (Å²) in [7, 11) is 0. The van der Waals surface area contributed by atoms with Crippen LogP contribution < -0.4 is 5.32 Å². The molecule has 0 bridgehead atoms. The van der Waals surface area contributed by atoms with E-state index >= 15 is 0 Å². The van der Waals surface area contributed by atoms with Crippen LogP contribution in [0.25, 0.3) is 0 Å². The lowest BCUT2D eigenvalue weighted by atomic mass is 10.0. The Kier molecular flexibility index (Phi) is 5.87. The summed E-state index contributed by atoms with van der Waals surface area (Å²) in [6.45, 7) is 8.52. The molecule has 106 valence electrons. The van der Waals surface area contributed by atoms with Gasteiger partial charge in [-0.05, 0) is 43.9 Å². The van der Waals surface area contributed by atoms with Gasteiger partial charge in [-0.3, -0.25) is 0 Å². The average Bonchev–Trinajstić information content (AvgIpc) is 2.27. The smallest absolute Gasteiger partial charge is 0.337 e. The zero-order valence-electron chi connectivity index (χ0n) is 12.4. The number of anilines is 1. The molecule has 1 rings (SSSR count). The first-order valence-corrected chi connectivity index (χ1v) is 7.00. The Labute approximate surface area is 116 Å². The second kappa shape index (κ2) is 7.17. The number of rotatable bonds is 7. The van der Waals surface area contributed by atoms with E-state index in [1.807, 2.05) is 19.1 Å². The molecule has 0 saturated carbocycles. The molecule has 2 N–H and O–H groups in total. The Morgan fingerprint density at radius 3 is 2.53 bits per heavy atom. The van der Waals surface area contributed by atoms with Crippen LogP contribution in [0.1, 0.15) is 56.0 Å². The molecule has 0 fully saturated rings. The fraction of sp³-hybridized carbons (Fsp3) is 0.562. The van der Waals surface area contributed by atoms with Crippen LogP contribution in [0.5, 0.6) is 0 Å². The van der Waals surface area contributed by atoms with Gasteiger partial charge in [0.1, 0.15) is 0 Å². The van der Waals surface area contributed by atoms with Crippen molar-refractivity contribution in [3.63, 3.8) is 0 Å². The van der Waals surface area contributed by atoms with Gasteiger partial charge in [0.05, 0.1) is 5.56 Å². The monoisotopic (exact) mass is 263 g/mol. The summed E-state index contributed by atoms with van der Waals surface area (Å²) in [5, 5.41) is 12.5. The van der Waals surface area contributed by atoms with Crippen LogP contribution in [-0.2, 0) is 0 Å². The first-order valence-electron chi connectivity index (χ1n) is 7.00. The van der Waals surface area contributed by atoms with Gasteiger partial charge in [0.15, 0.2) is 0 Å². The van der Waals surface area contributed by atoms with Crippen molar-refractivity contribution in [2.24, 2.45) is 5.92 Å². The molecule has 1 atom stereocenters. The molecule has 0 aliphatic rings. The maximum atomic E-state index is 11.2. The third-order valence-corrected chi connectivity index (χ3v) is 3.23. The lowest BCUT2D eigenvalue weighted by Gasteiger charge is -2.18. The fourth-order valence-corrected chi connectivity index (χ4v) is 2.13. The lowest BCUT2D eigenvalue weighted by Crippen LogP contribution is -2.17. The molecule has 1 aromatic rings. The predicted molar refractivity (Wildman–Crippen MR) is 79.9 cm³/mol. The van der Waals surface area contributed by atoms with Gasteiger partial charge >= 0.3 is 5.97 Å². The highest BCUT2D eigenvalue weighted by atomic mass is 16.4. The molecule has 1 unspecified atom stereocenters. The molecule has 0 heterocycles. The molecule has 0 spiro atoms. The predicted octanol–water partition coefficient (Wildman–Crippen LogP) is 4.32. The summed E-state index contributed by atoms with van der Waals surface area (Å²) in [5.74, 6) is -0.155. The number of hydrogen-bond donors (Lipinski definition) is 2. The Morgan fingerprint density at radius 1 is 1.26 bits per heavy atom. The van der Waals surface area contributed by atoms with Crippen LogP contribution in [0.4, 0.5) is 5.69 Å². The molecule has 0 aromatic heterocycles. The largest absolute Gasteiger partial charge is 0.478 e. The highest BCUT2D eigenvalue weighted by Crippen LogP contribution is 2.20.